The molecule has 1 rings (SSSR count). The molecule has 0 aliphatic heterocycles. The van der Waals surface area contributed by atoms with Crippen molar-refractivity contribution < 1.29 is 18.8 Å². The molecule has 1 aromatic rings. The fourth-order valence-corrected chi connectivity index (χ4v) is 1.35. The highest BCUT2D eigenvalue weighted by atomic mass is 19.1. The van der Waals surface area contributed by atoms with Crippen LogP contribution in [0.15, 0.2) is 12.1 Å². The lowest BCUT2D eigenvalue weighted by Gasteiger charge is -2.08. The second kappa shape index (κ2) is 4.69. The number of halogens is 1. The summed E-state index contributed by atoms with van der Waals surface area (Å²) in [6, 6.07) is 2.18. The number of nitro groups is 1. The lowest BCUT2D eigenvalue weighted by atomic mass is 10.0. The van der Waals surface area contributed by atoms with Crippen molar-refractivity contribution in [1.29, 1.82) is 0 Å². The van der Waals surface area contributed by atoms with E-state index in [9.17, 15) is 19.3 Å². The Morgan fingerprint density at radius 1 is 1.56 bits per heavy atom. The third kappa shape index (κ3) is 2.16. The van der Waals surface area contributed by atoms with E-state index in [2.05, 4.69) is 0 Å². The van der Waals surface area contributed by atoms with Gasteiger partial charge in [-0.25, -0.2) is 4.39 Å². The SMILES string of the molecule is COc1cc([C@@H](C)F)c(C=O)cc1[N+](=O)[O-]. The van der Waals surface area contributed by atoms with Gasteiger partial charge in [-0.05, 0) is 13.0 Å². The van der Waals surface area contributed by atoms with E-state index in [1.54, 1.807) is 0 Å². The van der Waals surface area contributed by atoms with Crippen LogP contribution in [0.5, 0.6) is 5.75 Å². The van der Waals surface area contributed by atoms with Crippen molar-refractivity contribution in [3.8, 4) is 5.75 Å². The van der Waals surface area contributed by atoms with Crippen LogP contribution in [0.4, 0.5) is 10.1 Å². The smallest absolute Gasteiger partial charge is 0.311 e. The molecule has 0 bridgehead atoms. The minimum atomic E-state index is -1.39. The van der Waals surface area contributed by atoms with Crippen molar-refractivity contribution in [1.82, 2.24) is 0 Å². The number of ether oxygens (including phenoxy) is 1. The molecule has 1 atom stereocenters. The summed E-state index contributed by atoms with van der Waals surface area (Å²) in [6.45, 7) is 1.24. The van der Waals surface area contributed by atoms with Crippen LogP contribution in [0.2, 0.25) is 0 Å². The van der Waals surface area contributed by atoms with E-state index in [0.717, 1.165) is 6.07 Å². The lowest BCUT2D eigenvalue weighted by molar-refractivity contribution is -0.385. The number of nitrogens with zero attached hydrogens (tertiary/aromatic N) is 1. The number of carbonyl (C=O) groups excluding carboxylic acids is 1. The van der Waals surface area contributed by atoms with E-state index in [-0.39, 0.29) is 22.6 Å². The summed E-state index contributed by atoms with van der Waals surface area (Å²) in [7, 11) is 1.25. The molecule has 0 aromatic heterocycles. The van der Waals surface area contributed by atoms with Gasteiger partial charge in [0.05, 0.1) is 12.0 Å². The Kier molecular flexibility index (Phi) is 3.55. The molecule has 0 unspecified atom stereocenters. The predicted molar refractivity (Wildman–Crippen MR) is 54.6 cm³/mol. The van der Waals surface area contributed by atoms with Crippen molar-refractivity contribution in [2.45, 2.75) is 13.1 Å². The van der Waals surface area contributed by atoms with Crippen molar-refractivity contribution in [3.63, 3.8) is 0 Å². The van der Waals surface area contributed by atoms with E-state index < -0.39 is 11.1 Å². The van der Waals surface area contributed by atoms with Crippen LogP contribution < -0.4 is 4.74 Å². The van der Waals surface area contributed by atoms with Gasteiger partial charge in [0.2, 0.25) is 0 Å². The average Bonchev–Trinajstić information content (AvgIpc) is 2.26. The second-order valence-electron chi connectivity index (χ2n) is 3.14. The van der Waals surface area contributed by atoms with Crippen molar-refractivity contribution in [2.75, 3.05) is 7.11 Å². The molecule has 0 saturated heterocycles. The first-order valence-corrected chi connectivity index (χ1v) is 4.46. The molecule has 0 N–H and O–H groups in total. The normalized spacial score (nSPS) is 11.9. The van der Waals surface area contributed by atoms with Gasteiger partial charge >= 0.3 is 5.69 Å². The lowest BCUT2D eigenvalue weighted by Crippen LogP contribution is -2.00. The molecule has 0 spiro atoms. The number of alkyl halides is 1. The number of hydrogen-bond acceptors (Lipinski definition) is 4. The molecule has 1 aromatic carbocycles. The Morgan fingerprint density at radius 2 is 2.19 bits per heavy atom. The van der Waals surface area contributed by atoms with Gasteiger partial charge in [0.25, 0.3) is 0 Å². The molecule has 0 radical (unpaired) electrons. The van der Waals surface area contributed by atoms with Crippen molar-refractivity contribution >= 4 is 12.0 Å². The molecule has 0 aliphatic carbocycles. The molecule has 0 amide bonds. The van der Waals surface area contributed by atoms with E-state index in [0.29, 0.717) is 6.29 Å². The molecule has 86 valence electrons. The first kappa shape index (κ1) is 12.1. The summed E-state index contributed by atoms with van der Waals surface area (Å²) in [5, 5.41) is 10.6. The van der Waals surface area contributed by atoms with E-state index in [1.165, 1.54) is 20.1 Å². The first-order chi connectivity index (χ1) is 7.51. The van der Waals surface area contributed by atoms with E-state index in [4.69, 9.17) is 4.74 Å². The Bertz CT molecular complexity index is 431. The molecule has 0 aliphatic rings. The van der Waals surface area contributed by atoms with Crippen molar-refractivity contribution in [2.24, 2.45) is 0 Å². The highest BCUT2D eigenvalue weighted by Gasteiger charge is 2.20. The Morgan fingerprint density at radius 3 is 2.56 bits per heavy atom. The quantitative estimate of drug-likeness (QED) is 0.450. The largest absolute Gasteiger partial charge is 0.490 e. The molecule has 5 nitrogen and oxygen atoms in total. The maximum atomic E-state index is 13.1. The molecule has 6 heteroatoms. The summed E-state index contributed by atoms with van der Waals surface area (Å²) in [5.41, 5.74) is -0.311. The van der Waals surface area contributed by atoms with E-state index >= 15 is 0 Å². The Hall–Kier alpha value is -1.98. The van der Waals surface area contributed by atoms with Gasteiger partial charge in [-0.2, -0.15) is 0 Å². The molecular formula is C10H10FNO4. The zero-order valence-electron chi connectivity index (χ0n) is 8.77. The van der Waals surface area contributed by atoms with Gasteiger partial charge in [0.1, 0.15) is 6.17 Å². The maximum absolute atomic E-state index is 13.1. The number of benzene rings is 1. The number of hydrogen-bond donors (Lipinski definition) is 0. The number of aldehydes is 1. The topological polar surface area (TPSA) is 69.4 Å². The predicted octanol–water partition coefficient (Wildman–Crippen LogP) is 2.45. The summed E-state index contributed by atoms with van der Waals surface area (Å²) in [6.07, 6.45) is -1.01. The fourth-order valence-electron chi connectivity index (χ4n) is 1.35. The molecule has 0 heterocycles. The second-order valence-corrected chi connectivity index (χ2v) is 3.14. The highest BCUT2D eigenvalue weighted by Crippen LogP contribution is 2.33. The standard InChI is InChI=1S/C10H10FNO4/c1-6(11)8-4-10(16-2)9(12(14)15)3-7(8)5-13/h3-6H,1-2H3/t6-/m1/s1. The zero-order chi connectivity index (χ0) is 12.3. The van der Waals surface area contributed by atoms with Crippen molar-refractivity contribution in [3.05, 3.63) is 33.4 Å². The zero-order valence-corrected chi connectivity index (χ0v) is 8.77. The van der Waals surface area contributed by atoms with Crippen LogP contribution >= 0.6 is 0 Å². The highest BCUT2D eigenvalue weighted by molar-refractivity contribution is 5.80. The number of nitro benzene ring substituents is 1. The van der Waals surface area contributed by atoms with Gasteiger partial charge in [-0.1, -0.05) is 0 Å². The monoisotopic (exact) mass is 227 g/mol. The third-order valence-corrected chi connectivity index (χ3v) is 2.14. The summed E-state index contributed by atoms with van der Waals surface area (Å²) < 4.78 is 17.9. The Labute approximate surface area is 91.0 Å². The average molecular weight is 227 g/mol. The Balaban J connectivity index is 3.46. The molecule has 0 fully saturated rings. The molecule has 0 saturated carbocycles. The van der Waals surface area contributed by atoms with Gasteiger partial charge in [0, 0.05) is 17.2 Å². The van der Waals surface area contributed by atoms with Crippen LogP contribution in [-0.2, 0) is 0 Å². The minimum Gasteiger partial charge on any atom is -0.490 e. The van der Waals surface area contributed by atoms with Crippen LogP contribution in [0, 0.1) is 10.1 Å². The van der Waals surface area contributed by atoms with Crippen LogP contribution in [0.3, 0.4) is 0 Å². The van der Waals surface area contributed by atoms with Crippen LogP contribution in [-0.4, -0.2) is 18.3 Å². The third-order valence-electron chi connectivity index (χ3n) is 2.14. The van der Waals surface area contributed by atoms with Gasteiger partial charge < -0.3 is 4.74 Å². The van der Waals surface area contributed by atoms with Gasteiger partial charge in [-0.3, -0.25) is 14.9 Å². The van der Waals surface area contributed by atoms with Gasteiger partial charge in [-0.15, -0.1) is 0 Å². The molecule has 16 heavy (non-hydrogen) atoms. The van der Waals surface area contributed by atoms with E-state index in [1.807, 2.05) is 0 Å². The number of carbonyl (C=O) groups is 1. The number of rotatable bonds is 4. The summed E-state index contributed by atoms with van der Waals surface area (Å²) in [4.78, 5) is 20.6. The first-order valence-electron chi connectivity index (χ1n) is 4.46. The molecular weight excluding hydrogens is 217 g/mol. The summed E-state index contributed by atoms with van der Waals surface area (Å²) >= 11 is 0. The van der Waals surface area contributed by atoms with Crippen LogP contribution in [0.1, 0.15) is 29.0 Å². The minimum absolute atomic E-state index is 0.0394. The van der Waals surface area contributed by atoms with Crippen LogP contribution in [0.25, 0.3) is 0 Å². The maximum Gasteiger partial charge on any atom is 0.311 e. The summed E-state index contributed by atoms with van der Waals surface area (Å²) in [5.74, 6) is -0.0601. The van der Waals surface area contributed by atoms with Gasteiger partial charge in [0.15, 0.2) is 12.0 Å². The fraction of sp³-hybridized carbons (Fsp3) is 0.300. The number of methoxy groups -OCH3 is 1.